The van der Waals surface area contributed by atoms with E-state index in [0.717, 1.165) is 30.8 Å². The van der Waals surface area contributed by atoms with Gasteiger partial charge in [-0.3, -0.25) is 4.79 Å². The van der Waals surface area contributed by atoms with Crippen LogP contribution in [0.4, 0.5) is 10.2 Å². The van der Waals surface area contributed by atoms with Crippen molar-refractivity contribution in [2.75, 3.05) is 18.5 Å². The van der Waals surface area contributed by atoms with Crippen LogP contribution in [-0.2, 0) is 6.54 Å². The molecule has 0 atom stereocenters. The van der Waals surface area contributed by atoms with Crippen LogP contribution in [0.25, 0.3) is 0 Å². The van der Waals surface area contributed by atoms with Gasteiger partial charge in [0.25, 0.3) is 5.91 Å². The predicted molar refractivity (Wildman–Crippen MR) is 92.5 cm³/mol. The molecule has 0 aliphatic carbocycles. The topological polar surface area (TPSA) is 58.1 Å². The number of nitrogens with one attached hydrogen (secondary N) is 1. The molecular formula is C18H23FN4O. The standard InChI is InChI=1S/C18H23FN4O/c1-4-5-10-23(3)17-11-16(21-13(2)22-17)18(24)20-12-14-6-8-15(19)9-7-14/h6-9,11H,4-5,10,12H2,1-3H3,(H,20,24). The highest BCUT2D eigenvalue weighted by Crippen LogP contribution is 2.12. The van der Waals surface area contributed by atoms with Crippen LogP contribution < -0.4 is 10.2 Å². The summed E-state index contributed by atoms with van der Waals surface area (Å²) < 4.78 is 12.9. The summed E-state index contributed by atoms with van der Waals surface area (Å²) in [5.74, 6) is 0.733. The molecule has 0 unspecified atom stereocenters. The van der Waals surface area contributed by atoms with Crippen LogP contribution >= 0.6 is 0 Å². The molecule has 2 aromatic rings. The van der Waals surface area contributed by atoms with Crippen molar-refractivity contribution in [3.8, 4) is 0 Å². The second kappa shape index (κ2) is 8.38. The van der Waals surface area contributed by atoms with Crippen LogP contribution in [0.1, 0.15) is 41.6 Å². The average Bonchev–Trinajstić information content (AvgIpc) is 2.58. The van der Waals surface area contributed by atoms with Crippen molar-refractivity contribution < 1.29 is 9.18 Å². The number of hydrogen-bond donors (Lipinski definition) is 1. The van der Waals surface area contributed by atoms with E-state index in [2.05, 4.69) is 22.2 Å². The molecule has 1 amide bonds. The summed E-state index contributed by atoms with van der Waals surface area (Å²) in [5, 5.41) is 2.80. The Hall–Kier alpha value is -2.50. The van der Waals surface area contributed by atoms with Crippen LogP contribution in [0, 0.1) is 12.7 Å². The van der Waals surface area contributed by atoms with Gasteiger partial charge in [0.05, 0.1) is 0 Å². The van der Waals surface area contributed by atoms with Gasteiger partial charge in [-0.25, -0.2) is 14.4 Å². The number of aryl methyl sites for hydroxylation is 1. The maximum Gasteiger partial charge on any atom is 0.270 e. The summed E-state index contributed by atoms with van der Waals surface area (Å²) in [6, 6.07) is 7.73. The highest BCUT2D eigenvalue weighted by Gasteiger charge is 2.12. The second-order valence-corrected chi connectivity index (χ2v) is 5.74. The molecule has 0 aliphatic heterocycles. The molecule has 0 bridgehead atoms. The lowest BCUT2D eigenvalue weighted by Crippen LogP contribution is -2.26. The first-order valence-electron chi connectivity index (χ1n) is 8.09. The lowest BCUT2D eigenvalue weighted by Gasteiger charge is -2.18. The van der Waals surface area contributed by atoms with E-state index in [1.807, 2.05) is 11.9 Å². The summed E-state index contributed by atoms with van der Waals surface area (Å²) >= 11 is 0. The minimum absolute atomic E-state index is 0.269. The number of carbonyl (C=O) groups is 1. The Bertz CT molecular complexity index is 688. The van der Waals surface area contributed by atoms with Gasteiger partial charge < -0.3 is 10.2 Å². The van der Waals surface area contributed by atoms with Crippen LogP contribution in [0.2, 0.25) is 0 Å². The Morgan fingerprint density at radius 3 is 2.62 bits per heavy atom. The zero-order valence-electron chi connectivity index (χ0n) is 14.3. The number of carbonyl (C=O) groups excluding carboxylic acids is 1. The van der Waals surface area contributed by atoms with Gasteiger partial charge in [-0.05, 0) is 31.0 Å². The minimum Gasteiger partial charge on any atom is -0.360 e. The summed E-state index contributed by atoms with van der Waals surface area (Å²) in [6.45, 7) is 5.11. The zero-order valence-corrected chi connectivity index (χ0v) is 14.3. The fraction of sp³-hybridized carbons (Fsp3) is 0.389. The van der Waals surface area contributed by atoms with E-state index in [1.54, 1.807) is 25.1 Å². The van der Waals surface area contributed by atoms with Crippen molar-refractivity contribution in [3.63, 3.8) is 0 Å². The van der Waals surface area contributed by atoms with E-state index in [-0.39, 0.29) is 11.7 Å². The number of amides is 1. The number of aromatic nitrogens is 2. The largest absolute Gasteiger partial charge is 0.360 e. The normalized spacial score (nSPS) is 10.5. The third-order valence-electron chi connectivity index (χ3n) is 3.66. The monoisotopic (exact) mass is 330 g/mol. The van der Waals surface area contributed by atoms with Crippen molar-refractivity contribution >= 4 is 11.7 Å². The number of nitrogens with zero attached hydrogens (tertiary/aromatic N) is 3. The molecule has 1 N–H and O–H groups in total. The number of unbranched alkanes of at least 4 members (excludes halogenated alkanes) is 1. The van der Waals surface area contributed by atoms with Gasteiger partial charge in [0.15, 0.2) is 0 Å². The Labute approximate surface area is 141 Å². The smallest absolute Gasteiger partial charge is 0.270 e. The Kier molecular flexibility index (Phi) is 6.23. The molecule has 5 nitrogen and oxygen atoms in total. The van der Waals surface area contributed by atoms with Crippen LogP contribution in [-0.4, -0.2) is 29.5 Å². The van der Waals surface area contributed by atoms with E-state index >= 15 is 0 Å². The Balaban J connectivity index is 2.05. The molecule has 0 fully saturated rings. The van der Waals surface area contributed by atoms with E-state index < -0.39 is 0 Å². The molecule has 0 saturated carbocycles. The molecule has 1 aromatic heterocycles. The molecule has 1 heterocycles. The molecule has 2 rings (SSSR count). The first kappa shape index (κ1) is 17.8. The molecule has 1 aromatic carbocycles. The van der Waals surface area contributed by atoms with Crippen molar-refractivity contribution in [2.45, 2.75) is 33.2 Å². The predicted octanol–water partition coefficient (Wildman–Crippen LogP) is 3.09. The second-order valence-electron chi connectivity index (χ2n) is 5.74. The third kappa shape index (κ3) is 5.01. The maximum absolute atomic E-state index is 12.9. The van der Waals surface area contributed by atoms with Gasteiger partial charge in [0.2, 0.25) is 0 Å². The number of hydrogen-bond acceptors (Lipinski definition) is 4. The molecule has 0 radical (unpaired) electrons. The minimum atomic E-state index is -0.295. The van der Waals surface area contributed by atoms with Gasteiger partial charge in [-0.2, -0.15) is 0 Å². The van der Waals surface area contributed by atoms with Crippen molar-refractivity contribution in [1.29, 1.82) is 0 Å². The first-order chi connectivity index (χ1) is 11.5. The summed E-state index contributed by atoms with van der Waals surface area (Å²) in [6.07, 6.45) is 2.16. The summed E-state index contributed by atoms with van der Waals surface area (Å²) in [5.41, 5.74) is 1.17. The van der Waals surface area contributed by atoms with Crippen LogP contribution in [0.15, 0.2) is 30.3 Å². The van der Waals surface area contributed by atoms with Crippen molar-refractivity contribution in [1.82, 2.24) is 15.3 Å². The fourth-order valence-corrected chi connectivity index (χ4v) is 2.25. The molecule has 128 valence electrons. The maximum atomic E-state index is 12.9. The molecule has 0 saturated heterocycles. The van der Waals surface area contributed by atoms with Gasteiger partial charge in [0, 0.05) is 26.2 Å². The van der Waals surface area contributed by atoms with Gasteiger partial charge in [-0.1, -0.05) is 25.5 Å². The quantitative estimate of drug-likeness (QED) is 0.847. The molecular weight excluding hydrogens is 307 g/mol. The molecule has 0 aliphatic rings. The van der Waals surface area contributed by atoms with Gasteiger partial charge in [0.1, 0.15) is 23.2 Å². The Morgan fingerprint density at radius 2 is 1.96 bits per heavy atom. The number of rotatable bonds is 7. The van der Waals surface area contributed by atoms with E-state index in [9.17, 15) is 9.18 Å². The lowest BCUT2D eigenvalue weighted by molar-refractivity contribution is 0.0945. The molecule has 24 heavy (non-hydrogen) atoms. The number of anilines is 1. The van der Waals surface area contributed by atoms with Crippen LogP contribution in [0.3, 0.4) is 0 Å². The average molecular weight is 330 g/mol. The third-order valence-corrected chi connectivity index (χ3v) is 3.66. The van der Waals surface area contributed by atoms with E-state index in [4.69, 9.17) is 0 Å². The Morgan fingerprint density at radius 1 is 1.25 bits per heavy atom. The van der Waals surface area contributed by atoms with E-state index in [1.165, 1.54) is 12.1 Å². The number of halogens is 1. The van der Waals surface area contributed by atoms with Gasteiger partial charge >= 0.3 is 0 Å². The highest BCUT2D eigenvalue weighted by atomic mass is 19.1. The summed E-state index contributed by atoms with van der Waals surface area (Å²) in [4.78, 5) is 23.0. The highest BCUT2D eigenvalue weighted by molar-refractivity contribution is 5.92. The number of benzene rings is 1. The lowest BCUT2D eigenvalue weighted by atomic mass is 10.2. The van der Waals surface area contributed by atoms with Crippen LogP contribution in [0.5, 0.6) is 0 Å². The fourth-order valence-electron chi connectivity index (χ4n) is 2.25. The molecule has 6 heteroatoms. The van der Waals surface area contributed by atoms with Crippen molar-refractivity contribution in [3.05, 3.63) is 53.2 Å². The SMILES string of the molecule is CCCCN(C)c1cc(C(=O)NCc2ccc(F)cc2)nc(C)n1. The summed E-state index contributed by atoms with van der Waals surface area (Å²) in [7, 11) is 1.96. The van der Waals surface area contributed by atoms with Gasteiger partial charge in [-0.15, -0.1) is 0 Å². The first-order valence-corrected chi connectivity index (χ1v) is 8.09. The van der Waals surface area contributed by atoms with Crippen molar-refractivity contribution in [2.24, 2.45) is 0 Å². The molecule has 0 spiro atoms. The zero-order chi connectivity index (χ0) is 17.5. The van der Waals surface area contributed by atoms with E-state index in [0.29, 0.717) is 18.1 Å².